The second kappa shape index (κ2) is 7.58. The summed E-state index contributed by atoms with van der Waals surface area (Å²) in [6.07, 6.45) is -0.324. The predicted octanol–water partition coefficient (Wildman–Crippen LogP) is 2.83. The average Bonchev–Trinajstić information content (AvgIpc) is 2.67. The zero-order valence-corrected chi connectivity index (χ0v) is 16.6. The van der Waals surface area contributed by atoms with Crippen molar-refractivity contribution in [3.05, 3.63) is 91.0 Å². The van der Waals surface area contributed by atoms with Crippen molar-refractivity contribution in [1.82, 2.24) is 0 Å². The summed E-state index contributed by atoms with van der Waals surface area (Å²) in [5, 5.41) is 14.1. The number of aliphatic hydroxyl groups is 1. The molecule has 0 bridgehead atoms. The van der Waals surface area contributed by atoms with Crippen molar-refractivity contribution < 1.29 is 9.53 Å². The highest BCUT2D eigenvalue weighted by atomic mass is 28.4. The lowest BCUT2D eigenvalue weighted by molar-refractivity contribution is -0.0258. The summed E-state index contributed by atoms with van der Waals surface area (Å²) < 4.78 is 6.85. The fraction of sp³-hybridized carbons (Fsp3) is 0.217. The molecule has 26 heavy (non-hydrogen) atoms. The molecule has 0 aliphatic rings. The van der Waals surface area contributed by atoms with E-state index in [0.29, 0.717) is 0 Å². The van der Waals surface area contributed by atoms with Crippen molar-refractivity contribution in [2.75, 3.05) is 0 Å². The number of rotatable bonds is 6. The van der Waals surface area contributed by atoms with Gasteiger partial charge in [0, 0.05) is 0 Å². The molecule has 2 nitrogen and oxygen atoms in total. The third-order valence-electron chi connectivity index (χ3n) is 4.89. The van der Waals surface area contributed by atoms with Crippen LogP contribution in [0.1, 0.15) is 20.8 Å². The van der Waals surface area contributed by atoms with Gasteiger partial charge >= 0.3 is 0 Å². The second-order valence-electron chi connectivity index (χ2n) is 7.19. The van der Waals surface area contributed by atoms with E-state index in [4.69, 9.17) is 4.43 Å². The van der Waals surface area contributed by atoms with E-state index in [1.54, 1.807) is 13.8 Å². The van der Waals surface area contributed by atoms with Crippen molar-refractivity contribution in [3.8, 4) is 0 Å². The van der Waals surface area contributed by atoms with Gasteiger partial charge in [-0.15, -0.1) is 0 Å². The summed E-state index contributed by atoms with van der Waals surface area (Å²) in [6.45, 7) is 5.56. The van der Waals surface area contributed by atoms with Crippen LogP contribution in [0.2, 0.25) is 0 Å². The molecule has 134 valence electrons. The van der Waals surface area contributed by atoms with Gasteiger partial charge in [-0.2, -0.15) is 0 Å². The average molecular weight is 363 g/mol. The first-order valence-corrected chi connectivity index (χ1v) is 10.9. The monoisotopic (exact) mass is 362 g/mol. The van der Waals surface area contributed by atoms with Crippen LogP contribution in [-0.2, 0) is 4.43 Å². The zero-order valence-electron chi connectivity index (χ0n) is 15.6. The van der Waals surface area contributed by atoms with Crippen LogP contribution in [0.3, 0.4) is 0 Å². The molecule has 0 radical (unpaired) electrons. The molecule has 1 atom stereocenters. The molecule has 0 saturated heterocycles. The number of hydrogen-bond acceptors (Lipinski definition) is 2. The van der Waals surface area contributed by atoms with Gasteiger partial charge in [0.25, 0.3) is 8.32 Å². The molecule has 0 aliphatic heterocycles. The Morgan fingerprint density at radius 3 is 1.27 bits per heavy atom. The first-order valence-electron chi connectivity index (χ1n) is 9.01. The number of benzene rings is 3. The molecule has 0 aromatic heterocycles. The van der Waals surface area contributed by atoms with Gasteiger partial charge < -0.3 is 9.53 Å². The first-order chi connectivity index (χ1) is 12.4. The Hall–Kier alpha value is -2.20. The highest BCUT2D eigenvalue weighted by Crippen LogP contribution is 2.19. The van der Waals surface area contributed by atoms with E-state index in [2.05, 4.69) is 72.8 Å². The van der Waals surface area contributed by atoms with Crippen LogP contribution < -0.4 is 15.6 Å². The molecule has 0 heterocycles. The molecule has 0 saturated carbocycles. The summed E-state index contributed by atoms with van der Waals surface area (Å²) in [4.78, 5) is 0. The third-order valence-corrected chi connectivity index (χ3v) is 9.04. The maximum Gasteiger partial charge on any atom is 0.288 e. The van der Waals surface area contributed by atoms with Crippen LogP contribution in [0, 0.1) is 0 Å². The summed E-state index contributed by atoms with van der Waals surface area (Å²) in [7, 11) is -2.76. The van der Waals surface area contributed by atoms with Gasteiger partial charge in [0.05, 0.1) is 11.7 Å². The third kappa shape index (κ3) is 3.65. The van der Waals surface area contributed by atoms with Crippen molar-refractivity contribution in [1.29, 1.82) is 0 Å². The van der Waals surface area contributed by atoms with Crippen LogP contribution in [0.15, 0.2) is 91.0 Å². The van der Waals surface area contributed by atoms with Crippen molar-refractivity contribution >= 4 is 23.9 Å². The molecule has 0 fully saturated rings. The molecular formula is C23H26O2Si. The minimum Gasteiger partial charge on any atom is -0.398 e. The highest BCUT2D eigenvalue weighted by molar-refractivity contribution is 7.07. The van der Waals surface area contributed by atoms with Crippen molar-refractivity contribution in [3.63, 3.8) is 0 Å². The number of hydrogen-bond donors (Lipinski definition) is 1. The Balaban J connectivity index is 2.28. The van der Waals surface area contributed by atoms with Crippen LogP contribution in [0.5, 0.6) is 0 Å². The van der Waals surface area contributed by atoms with Gasteiger partial charge in [-0.3, -0.25) is 0 Å². The lowest BCUT2D eigenvalue weighted by Crippen LogP contribution is -2.71. The van der Waals surface area contributed by atoms with Crippen LogP contribution >= 0.6 is 0 Å². The molecule has 1 unspecified atom stereocenters. The topological polar surface area (TPSA) is 29.5 Å². The quantitative estimate of drug-likeness (QED) is 0.540. The molecule has 3 heteroatoms. The Kier molecular flexibility index (Phi) is 5.42. The van der Waals surface area contributed by atoms with Crippen molar-refractivity contribution in [2.24, 2.45) is 0 Å². The van der Waals surface area contributed by atoms with E-state index < -0.39 is 13.9 Å². The van der Waals surface area contributed by atoms with Gasteiger partial charge in [-0.1, -0.05) is 91.0 Å². The SMILES string of the molecule is CC(O[Si](c1ccccc1)(c1ccccc1)c1ccccc1)C(C)(C)O. The molecule has 0 spiro atoms. The van der Waals surface area contributed by atoms with Gasteiger partial charge in [-0.25, -0.2) is 0 Å². The van der Waals surface area contributed by atoms with Crippen LogP contribution in [0.25, 0.3) is 0 Å². The van der Waals surface area contributed by atoms with E-state index in [-0.39, 0.29) is 6.10 Å². The molecule has 0 aliphatic carbocycles. The fourth-order valence-electron chi connectivity index (χ4n) is 3.13. The van der Waals surface area contributed by atoms with E-state index in [0.717, 1.165) is 0 Å². The summed E-state index contributed by atoms with van der Waals surface area (Å²) in [6, 6.07) is 31.3. The summed E-state index contributed by atoms with van der Waals surface area (Å²) >= 11 is 0. The maximum atomic E-state index is 10.6. The minimum absolute atomic E-state index is 0.324. The smallest absolute Gasteiger partial charge is 0.288 e. The lowest BCUT2D eigenvalue weighted by Gasteiger charge is -2.39. The molecular weight excluding hydrogens is 336 g/mol. The van der Waals surface area contributed by atoms with Crippen LogP contribution in [-0.4, -0.2) is 25.1 Å². The van der Waals surface area contributed by atoms with Gasteiger partial charge in [0.2, 0.25) is 0 Å². The minimum atomic E-state index is -2.76. The summed E-state index contributed by atoms with van der Waals surface area (Å²) in [5.41, 5.74) is -0.934. The second-order valence-corrected chi connectivity index (χ2v) is 10.5. The van der Waals surface area contributed by atoms with E-state index in [1.165, 1.54) is 15.6 Å². The van der Waals surface area contributed by atoms with Gasteiger partial charge in [-0.05, 0) is 36.3 Å². The Bertz CT molecular complexity index is 714. The molecule has 0 amide bonds. The predicted molar refractivity (Wildman–Crippen MR) is 111 cm³/mol. The van der Waals surface area contributed by atoms with Crippen LogP contribution in [0.4, 0.5) is 0 Å². The zero-order chi connectivity index (χ0) is 18.6. The molecule has 3 aromatic rings. The summed E-state index contributed by atoms with van der Waals surface area (Å²) in [5.74, 6) is 0. The van der Waals surface area contributed by atoms with Gasteiger partial charge in [0.15, 0.2) is 0 Å². The first kappa shape index (κ1) is 18.6. The molecule has 3 aromatic carbocycles. The Labute approximate surface area is 157 Å². The fourth-order valence-corrected chi connectivity index (χ4v) is 7.34. The standard InChI is InChI=1S/C23H26O2Si/c1-19(23(2,3)24)25-26(20-13-7-4-8-14-20,21-15-9-5-10-16-21)22-17-11-6-12-18-22/h4-19,24H,1-3H3. The van der Waals surface area contributed by atoms with E-state index in [1.807, 2.05) is 25.1 Å². The Morgan fingerprint density at radius 2 is 1.00 bits per heavy atom. The van der Waals surface area contributed by atoms with Crippen molar-refractivity contribution in [2.45, 2.75) is 32.5 Å². The Morgan fingerprint density at radius 1 is 0.692 bits per heavy atom. The largest absolute Gasteiger partial charge is 0.398 e. The molecule has 1 N–H and O–H groups in total. The highest BCUT2D eigenvalue weighted by Gasteiger charge is 2.45. The van der Waals surface area contributed by atoms with E-state index in [9.17, 15) is 5.11 Å². The van der Waals surface area contributed by atoms with E-state index >= 15 is 0 Å². The maximum absolute atomic E-state index is 10.6. The normalized spacial score (nSPS) is 13.4. The van der Waals surface area contributed by atoms with Gasteiger partial charge in [0.1, 0.15) is 0 Å². The molecule has 3 rings (SSSR count). The lowest BCUT2D eigenvalue weighted by atomic mass is 10.0.